The van der Waals surface area contributed by atoms with Crippen LogP contribution in [-0.4, -0.2) is 33.6 Å². The van der Waals surface area contributed by atoms with Gasteiger partial charge in [-0.1, -0.05) is 35.3 Å². The number of aliphatic hydroxyl groups is 1. The summed E-state index contributed by atoms with van der Waals surface area (Å²) in [5, 5.41) is 12.9. The molecule has 0 radical (unpaired) electrons. The molecule has 3 rings (SSSR count). The molecule has 0 fully saturated rings. The van der Waals surface area contributed by atoms with Crippen LogP contribution in [0.5, 0.6) is 0 Å². The molecule has 0 saturated heterocycles. The summed E-state index contributed by atoms with van der Waals surface area (Å²) in [6.45, 7) is 0.788. The predicted molar refractivity (Wildman–Crippen MR) is 111 cm³/mol. The summed E-state index contributed by atoms with van der Waals surface area (Å²) in [7, 11) is 0. The average Bonchev–Trinajstić information content (AvgIpc) is 2.95. The first-order valence-corrected chi connectivity index (χ1v) is 8.64. The lowest BCUT2D eigenvalue weighted by Crippen LogP contribution is -2.15. The molecule has 0 bridgehead atoms. The largest absolute Gasteiger partial charge is 0.396 e. The molecular weight excluding hydrogens is 441 g/mol. The summed E-state index contributed by atoms with van der Waals surface area (Å²) in [5.41, 5.74) is 2.16. The van der Waals surface area contributed by atoms with Gasteiger partial charge < -0.3 is 15.0 Å². The average molecular weight is 459 g/mol. The minimum atomic E-state index is -0.0908. The smallest absolute Gasteiger partial charge is 0.204 e. The van der Waals surface area contributed by atoms with E-state index in [-0.39, 0.29) is 35.9 Å². The number of Topliss-reactive ketones (excluding diaryl/α,β-unsaturated/α-hetero) is 1. The molecule has 0 aliphatic rings. The first kappa shape index (κ1) is 20.7. The number of anilines is 1. The van der Waals surface area contributed by atoms with Crippen LogP contribution in [0, 0.1) is 0 Å². The lowest BCUT2D eigenvalue weighted by atomic mass is 10.1. The number of benzene rings is 2. The fourth-order valence-electron chi connectivity index (χ4n) is 2.55. The normalized spacial score (nSPS) is 10.6. The van der Waals surface area contributed by atoms with Gasteiger partial charge in [-0.2, -0.15) is 0 Å². The lowest BCUT2D eigenvalue weighted by Gasteiger charge is -2.10. The second-order valence-electron chi connectivity index (χ2n) is 5.57. The number of aromatic nitrogens is 2. The van der Waals surface area contributed by atoms with E-state index in [1.165, 1.54) is 0 Å². The van der Waals surface area contributed by atoms with Crippen LogP contribution in [-0.2, 0) is 6.54 Å². The second kappa shape index (κ2) is 9.37. The molecule has 0 aliphatic heterocycles. The number of imidazole rings is 1. The maximum absolute atomic E-state index is 12.7. The number of carbonyl (C=O) groups excluding carboxylic acids is 1. The fourth-order valence-corrected chi connectivity index (χ4v) is 2.85. The van der Waals surface area contributed by atoms with Crippen molar-refractivity contribution in [3.05, 3.63) is 58.1 Å². The number of fused-ring (bicyclic) bond motifs is 1. The van der Waals surface area contributed by atoms with Gasteiger partial charge in [0.1, 0.15) is 0 Å². The van der Waals surface area contributed by atoms with E-state index in [0.717, 1.165) is 11.0 Å². The molecule has 2 aromatic carbocycles. The molecule has 8 heteroatoms. The second-order valence-corrected chi connectivity index (χ2v) is 6.38. The third-order valence-electron chi connectivity index (χ3n) is 3.82. The number of hydrogen-bond donors (Lipinski definition) is 2. The van der Waals surface area contributed by atoms with Crippen molar-refractivity contribution in [2.24, 2.45) is 0 Å². The summed E-state index contributed by atoms with van der Waals surface area (Å²) in [5.74, 6) is 0.509. The first-order valence-electron chi connectivity index (χ1n) is 7.88. The molecule has 0 spiro atoms. The van der Waals surface area contributed by atoms with Crippen molar-refractivity contribution in [2.45, 2.75) is 13.0 Å². The number of aliphatic hydroxyl groups excluding tert-OH is 1. The molecular formula is C18H18BrCl2N3O2. The van der Waals surface area contributed by atoms with Crippen LogP contribution in [0.2, 0.25) is 10.0 Å². The summed E-state index contributed by atoms with van der Waals surface area (Å²) in [6.07, 6.45) is 0.601. The Hall–Kier alpha value is -1.60. The van der Waals surface area contributed by atoms with Gasteiger partial charge in [0.05, 0.1) is 27.6 Å². The summed E-state index contributed by atoms with van der Waals surface area (Å²) < 4.78 is 1.83. The highest BCUT2D eigenvalue weighted by atomic mass is 79.9. The first-order chi connectivity index (χ1) is 12.1. The van der Waals surface area contributed by atoms with Crippen LogP contribution >= 0.6 is 40.2 Å². The SMILES string of the molecule is Br.O=C(Cn1c(NCCCO)nc2ccccc21)c1ccc(Cl)c(Cl)c1. The van der Waals surface area contributed by atoms with Crippen molar-refractivity contribution in [3.63, 3.8) is 0 Å². The molecule has 0 amide bonds. The van der Waals surface area contributed by atoms with Crippen molar-refractivity contribution in [3.8, 4) is 0 Å². The molecule has 2 N–H and O–H groups in total. The number of carbonyl (C=O) groups is 1. The van der Waals surface area contributed by atoms with E-state index in [4.69, 9.17) is 28.3 Å². The zero-order valence-corrected chi connectivity index (χ0v) is 17.0. The zero-order valence-electron chi connectivity index (χ0n) is 13.8. The molecule has 5 nitrogen and oxygen atoms in total. The maximum Gasteiger partial charge on any atom is 0.204 e. The van der Waals surface area contributed by atoms with E-state index in [1.54, 1.807) is 18.2 Å². The van der Waals surface area contributed by atoms with Crippen LogP contribution in [0.4, 0.5) is 5.95 Å². The molecule has 26 heavy (non-hydrogen) atoms. The van der Waals surface area contributed by atoms with E-state index in [2.05, 4.69) is 10.3 Å². The Kier molecular flexibility index (Phi) is 7.46. The molecule has 1 aromatic heterocycles. The van der Waals surface area contributed by atoms with Gasteiger partial charge in [0.2, 0.25) is 5.95 Å². The number of nitrogens with zero attached hydrogens (tertiary/aromatic N) is 2. The standard InChI is InChI=1S/C18H17Cl2N3O2.BrH/c19-13-7-6-12(10-14(13)20)17(25)11-23-16-5-2-1-4-15(16)22-18(23)21-8-3-9-24;/h1-2,4-7,10,24H,3,8-9,11H2,(H,21,22);1H. The number of para-hydroxylation sites is 2. The Bertz CT molecular complexity index is 915. The van der Waals surface area contributed by atoms with Crippen LogP contribution in [0.1, 0.15) is 16.8 Å². The Morgan fingerprint density at radius 3 is 2.65 bits per heavy atom. The Morgan fingerprint density at radius 1 is 1.15 bits per heavy atom. The Morgan fingerprint density at radius 2 is 1.92 bits per heavy atom. The van der Waals surface area contributed by atoms with Gasteiger partial charge in [-0.25, -0.2) is 4.98 Å². The van der Waals surface area contributed by atoms with Gasteiger partial charge in [-0.3, -0.25) is 4.79 Å². The van der Waals surface area contributed by atoms with Crippen LogP contribution in [0.3, 0.4) is 0 Å². The molecule has 0 unspecified atom stereocenters. The van der Waals surface area contributed by atoms with E-state index < -0.39 is 0 Å². The van der Waals surface area contributed by atoms with Gasteiger partial charge in [-0.05, 0) is 36.8 Å². The monoisotopic (exact) mass is 457 g/mol. The molecule has 0 saturated carbocycles. The number of halogens is 3. The van der Waals surface area contributed by atoms with E-state index in [1.807, 2.05) is 28.8 Å². The van der Waals surface area contributed by atoms with Crippen LogP contribution in [0.15, 0.2) is 42.5 Å². The summed E-state index contributed by atoms with van der Waals surface area (Å²) in [6, 6.07) is 12.5. The van der Waals surface area contributed by atoms with Crippen LogP contribution in [0.25, 0.3) is 11.0 Å². The van der Waals surface area contributed by atoms with Gasteiger partial charge in [0.25, 0.3) is 0 Å². The fraction of sp³-hybridized carbons (Fsp3) is 0.222. The topological polar surface area (TPSA) is 67.2 Å². The molecule has 1 heterocycles. The number of nitrogens with one attached hydrogen (secondary N) is 1. The molecule has 138 valence electrons. The Balaban J connectivity index is 0.00000243. The van der Waals surface area contributed by atoms with Gasteiger partial charge in [-0.15, -0.1) is 17.0 Å². The lowest BCUT2D eigenvalue weighted by molar-refractivity contribution is 0.0974. The van der Waals surface area contributed by atoms with E-state index in [0.29, 0.717) is 34.5 Å². The van der Waals surface area contributed by atoms with Crippen molar-refractivity contribution < 1.29 is 9.90 Å². The minimum absolute atomic E-state index is 0. The highest BCUT2D eigenvalue weighted by Gasteiger charge is 2.15. The zero-order chi connectivity index (χ0) is 17.8. The summed E-state index contributed by atoms with van der Waals surface area (Å²) in [4.78, 5) is 17.2. The molecule has 0 atom stereocenters. The van der Waals surface area contributed by atoms with Gasteiger partial charge in [0.15, 0.2) is 5.78 Å². The third-order valence-corrected chi connectivity index (χ3v) is 4.55. The number of hydrogen-bond acceptors (Lipinski definition) is 4. The highest BCUT2D eigenvalue weighted by molar-refractivity contribution is 8.93. The van der Waals surface area contributed by atoms with Crippen molar-refractivity contribution in [1.82, 2.24) is 9.55 Å². The summed E-state index contributed by atoms with van der Waals surface area (Å²) >= 11 is 11.9. The van der Waals surface area contributed by atoms with Gasteiger partial charge in [0, 0.05) is 18.7 Å². The molecule has 3 aromatic rings. The third kappa shape index (κ3) is 4.57. The van der Waals surface area contributed by atoms with Crippen molar-refractivity contribution >= 4 is 62.9 Å². The van der Waals surface area contributed by atoms with Crippen molar-refractivity contribution in [1.29, 1.82) is 0 Å². The number of ketones is 1. The quantitative estimate of drug-likeness (QED) is 0.401. The maximum atomic E-state index is 12.7. The van der Waals surface area contributed by atoms with Gasteiger partial charge >= 0.3 is 0 Å². The Labute approximate surface area is 171 Å². The highest BCUT2D eigenvalue weighted by Crippen LogP contribution is 2.24. The minimum Gasteiger partial charge on any atom is -0.396 e. The molecule has 0 aliphatic carbocycles. The van der Waals surface area contributed by atoms with E-state index in [9.17, 15) is 4.79 Å². The van der Waals surface area contributed by atoms with Crippen molar-refractivity contribution in [2.75, 3.05) is 18.5 Å². The predicted octanol–water partition coefficient (Wildman–Crippen LogP) is 4.60. The van der Waals surface area contributed by atoms with E-state index >= 15 is 0 Å². The number of rotatable bonds is 7. The van der Waals surface area contributed by atoms with Crippen LogP contribution < -0.4 is 5.32 Å².